The van der Waals surface area contributed by atoms with Crippen LogP contribution in [0.4, 0.5) is 11.4 Å². The molecule has 2 aliphatic rings. The Morgan fingerprint density at radius 3 is 2.34 bits per heavy atom. The Morgan fingerprint density at radius 2 is 1.78 bits per heavy atom. The SMILES string of the molecule is CC1(C)CC(=O)C2=C(C1)N(c1ccc(Cl)cc1)C(N)=C(C#N)[C@@H]2c1ccc([N+](=O)[O-])cc1. The minimum Gasteiger partial charge on any atom is -0.384 e. The first-order valence-electron chi connectivity index (χ1n) is 10.1. The van der Waals surface area contributed by atoms with Gasteiger partial charge in [-0.25, -0.2) is 0 Å². The van der Waals surface area contributed by atoms with Gasteiger partial charge in [0.25, 0.3) is 5.69 Å². The third kappa shape index (κ3) is 3.63. The van der Waals surface area contributed by atoms with Gasteiger partial charge < -0.3 is 5.73 Å². The molecule has 1 aliphatic heterocycles. The Kier molecular flexibility index (Phi) is 5.27. The minimum atomic E-state index is -0.678. The molecule has 8 heteroatoms. The van der Waals surface area contributed by atoms with Crippen LogP contribution in [-0.4, -0.2) is 10.7 Å². The topological polar surface area (TPSA) is 113 Å². The Bertz CT molecular complexity index is 1220. The van der Waals surface area contributed by atoms with Gasteiger partial charge in [-0.3, -0.25) is 19.8 Å². The number of anilines is 1. The molecule has 0 amide bonds. The molecule has 1 aliphatic carbocycles. The lowest BCUT2D eigenvalue weighted by Gasteiger charge is -2.43. The van der Waals surface area contributed by atoms with Gasteiger partial charge in [0.15, 0.2) is 5.78 Å². The fourth-order valence-electron chi connectivity index (χ4n) is 4.52. The van der Waals surface area contributed by atoms with E-state index in [0.717, 1.165) is 5.70 Å². The molecular weight excluding hydrogens is 428 g/mol. The summed E-state index contributed by atoms with van der Waals surface area (Å²) < 4.78 is 0. The summed E-state index contributed by atoms with van der Waals surface area (Å²) in [7, 11) is 0. The molecule has 0 radical (unpaired) electrons. The van der Waals surface area contributed by atoms with Crippen LogP contribution in [0.1, 0.15) is 38.2 Å². The average molecular weight is 449 g/mol. The number of carbonyl (C=O) groups excluding carboxylic acids is 1. The van der Waals surface area contributed by atoms with E-state index in [9.17, 15) is 20.2 Å². The zero-order valence-corrected chi connectivity index (χ0v) is 18.4. The minimum absolute atomic E-state index is 0.0567. The number of nitrogens with zero attached hydrogens (tertiary/aromatic N) is 3. The maximum atomic E-state index is 13.4. The lowest BCUT2D eigenvalue weighted by atomic mass is 9.68. The van der Waals surface area contributed by atoms with Crippen molar-refractivity contribution < 1.29 is 9.72 Å². The molecule has 0 fully saturated rings. The highest BCUT2D eigenvalue weighted by Crippen LogP contribution is 2.50. The summed E-state index contributed by atoms with van der Waals surface area (Å²) in [6.45, 7) is 4.05. The fourth-order valence-corrected chi connectivity index (χ4v) is 4.64. The van der Waals surface area contributed by atoms with Crippen LogP contribution >= 0.6 is 11.6 Å². The summed E-state index contributed by atoms with van der Waals surface area (Å²) in [5.41, 5.74) is 9.02. The van der Waals surface area contributed by atoms with Gasteiger partial charge in [-0.05, 0) is 41.7 Å². The highest BCUT2D eigenvalue weighted by molar-refractivity contribution is 6.30. The molecule has 0 saturated carbocycles. The predicted molar refractivity (Wildman–Crippen MR) is 122 cm³/mol. The van der Waals surface area contributed by atoms with Gasteiger partial charge >= 0.3 is 0 Å². The number of nitro benzene ring substituents is 1. The number of benzene rings is 2. The molecule has 7 nitrogen and oxygen atoms in total. The van der Waals surface area contributed by atoms with Gasteiger partial charge in [0.1, 0.15) is 5.82 Å². The Hall–Kier alpha value is -3.63. The van der Waals surface area contributed by atoms with Crippen LogP contribution in [0.3, 0.4) is 0 Å². The van der Waals surface area contributed by atoms with E-state index >= 15 is 0 Å². The summed E-state index contributed by atoms with van der Waals surface area (Å²) in [6, 6.07) is 15.2. The van der Waals surface area contributed by atoms with Crippen LogP contribution in [0.15, 0.2) is 71.2 Å². The van der Waals surface area contributed by atoms with Crippen molar-refractivity contribution in [1.82, 2.24) is 0 Å². The van der Waals surface area contributed by atoms with Crippen molar-refractivity contribution in [1.29, 1.82) is 5.26 Å². The second-order valence-electron chi connectivity index (χ2n) is 8.81. The molecule has 2 aromatic carbocycles. The summed E-state index contributed by atoms with van der Waals surface area (Å²) in [4.78, 5) is 25.8. The molecular formula is C24H21ClN4O3. The fraction of sp³-hybridized carbons (Fsp3) is 0.250. The number of halogens is 1. The predicted octanol–water partition coefficient (Wildman–Crippen LogP) is 5.19. The molecule has 2 N–H and O–H groups in total. The number of carbonyl (C=O) groups is 1. The summed E-state index contributed by atoms with van der Waals surface area (Å²) >= 11 is 6.06. The summed E-state index contributed by atoms with van der Waals surface area (Å²) in [6.07, 6.45) is 0.919. The van der Waals surface area contributed by atoms with Crippen LogP contribution in [0.25, 0.3) is 0 Å². The third-order valence-electron chi connectivity index (χ3n) is 5.90. The van der Waals surface area contributed by atoms with E-state index in [4.69, 9.17) is 17.3 Å². The van der Waals surface area contributed by atoms with Crippen LogP contribution in [0.5, 0.6) is 0 Å². The number of non-ortho nitro benzene ring substituents is 1. The van der Waals surface area contributed by atoms with E-state index in [0.29, 0.717) is 34.7 Å². The number of rotatable bonds is 3. The van der Waals surface area contributed by atoms with Gasteiger partial charge in [0.05, 0.1) is 22.5 Å². The van der Waals surface area contributed by atoms with E-state index in [1.807, 2.05) is 13.8 Å². The summed E-state index contributed by atoms with van der Waals surface area (Å²) in [5, 5.41) is 21.7. The van der Waals surface area contributed by atoms with Gasteiger partial charge in [-0.2, -0.15) is 5.26 Å². The van der Waals surface area contributed by atoms with Crippen molar-refractivity contribution in [2.75, 3.05) is 4.90 Å². The summed E-state index contributed by atoms with van der Waals surface area (Å²) in [5.74, 6) is -0.496. The highest BCUT2D eigenvalue weighted by atomic mass is 35.5. The molecule has 162 valence electrons. The van der Waals surface area contributed by atoms with Gasteiger partial charge in [-0.15, -0.1) is 0 Å². The van der Waals surface area contributed by atoms with Crippen molar-refractivity contribution in [2.24, 2.45) is 11.1 Å². The third-order valence-corrected chi connectivity index (χ3v) is 6.16. The number of nitrogens with two attached hydrogens (primary N) is 1. The largest absolute Gasteiger partial charge is 0.384 e. The maximum absolute atomic E-state index is 13.4. The normalized spacial score (nSPS) is 20.1. The monoisotopic (exact) mass is 448 g/mol. The number of hydrogen-bond donors (Lipinski definition) is 1. The van der Waals surface area contributed by atoms with Crippen LogP contribution in [0.2, 0.25) is 5.02 Å². The van der Waals surface area contributed by atoms with Gasteiger partial charge in [-0.1, -0.05) is 37.6 Å². The number of ketones is 1. The van der Waals surface area contributed by atoms with Crippen LogP contribution in [-0.2, 0) is 4.79 Å². The number of nitriles is 1. The Labute approximate surface area is 190 Å². The van der Waals surface area contributed by atoms with E-state index < -0.39 is 10.8 Å². The first-order chi connectivity index (χ1) is 15.1. The Morgan fingerprint density at radius 1 is 1.16 bits per heavy atom. The van der Waals surface area contributed by atoms with E-state index in [1.165, 1.54) is 12.1 Å². The van der Waals surface area contributed by atoms with E-state index in [1.54, 1.807) is 41.3 Å². The molecule has 0 aromatic heterocycles. The molecule has 1 atom stereocenters. The van der Waals surface area contributed by atoms with Crippen molar-refractivity contribution in [3.05, 3.63) is 91.9 Å². The quantitative estimate of drug-likeness (QED) is 0.510. The lowest BCUT2D eigenvalue weighted by molar-refractivity contribution is -0.384. The van der Waals surface area contributed by atoms with Crippen molar-refractivity contribution in [3.63, 3.8) is 0 Å². The van der Waals surface area contributed by atoms with Crippen LogP contribution < -0.4 is 10.6 Å². The van der Waals surface area contributed by atoms with E-state index in [2.05, 4.69) is 6.07 Å². The van der Waals surface area contributed by atoms with Crippen molar-refractivity contribution in [3.8, 4) is 6.07 Å². The average Bonchev–Trinajstić information content (AvgIpc) is 2.73. The standard InChI is InChI=1S/C24H21ClN4O3/c1-24(2)11-19-22(20(30)12-24)21(14-3-7-17(8-4-14)29(31)32)18(13-26)23(27)28(19)16-9-5-15(25)6-10-16/h3-10,21H,11-12,27H2,1-2H3/t21-/m0/s1. The second kappa shape index (κ2) is 7.81. The smallest absolute Gasteiger partial charge is 0.269 e. The molecule has 4 rings (SSSR count). The highest BCUT2D eigenvalue weighted by Gasteiger charge is 2.44. The van der Waals surface area contributed by atoms with Gasteiger partial charge in [0.2, 0.25) is 0 Å². The zero-order valence-electron chi connectivity index (χ0n) is 17.6. The Balaban J connectivity index is 1.96. The molecule has 0 saturated heterocycles. The second-order valence-corrected chi connectivity index (χ2v) is 9.24. The molecule has 0 spiro atoms. The van der Waals surface area contributed by atoms with Crippen molar-refractivity contribution >= 4 is 28.8 Å². The van der Waals surface area contributed by atoms with Crippen LogP contribution in [0, 0.1) is 26.9 Å². The van der Waals surface area contributed by atoms with Crippen molar-refractivity contribution in [2.45, 2.75) is 32.6 Å². The van der Waals surface area contributed by atoms with E-state index in [-0.39, 0.29) is 28.3 Å². The maximum Gasteiger partial charge on any atom is 0.269 e. The number of nitro groups is 1. The lowest BCUT2D eigenvalue weighted by Crippen LogP contribution is -2.42. The molecule has 32 heavy (non-hydrogen) atoms. The molecule has 2 aromatic rings. The molecule has 0 unspecified atom stereocenters. The number of Topliss-reactive ketones (excluding diaryl/α,β-unsaturated/α-hetero) is 1. The molecule has 1 heterocycles. The zero-order chi connectivity index (χ0) is 23.2. The first-order valence-corrected chi connectivity index (χ1v) is 10.5. The number of allylic oxidation sites excluding steroid dienone is 3. The first kappa shape index (κ1) is 21.6. The molecule has 0 bridgehead atoms. The van der Waals surface area contributed by atoms with Gasteiger partial charge in [0, 0.05) is 40.5 Å². The number of hydrogen-bond acceptors (Lipinski definition) is 6.